The van der Waals surface area contributed by atoms with E-state index >= 15 is 0 Å². The molecule has 5 heteroatoms. The molecule has 0 aliphatic rings. The maximum Gasteiger partial charge on any atom is 0.407 e. The first-order valence-corrected chi connectivity index (χ1v) is 6.97. The molecular weight excluding hydrogens is 276 g/mol. The number of carbonyl (C=O) groups excluding carboxylic acids is 1. The van der Waals surface area contributed by atoms with Crippen molar-refractivity contribution in [2.24, 2.45) is 0 Å². The average molecular weight is 301 g/mol. The molecule has 1 amide bonds. The van der Waals surface area contributed by atoms with Crippen molar-refractivity contribution >= 4 is 24.2 Å². The van der Waals surface area contributed by atoms with Crippen LogP contribution in [0.5, 0.6) is 0 Å². The lowest BCUT2D eigenvalue weighted by molar-refractivity contribution is 0.143. The second-order valence-electron chi connectivity index (χ2n) is 4.65. The second kappa shape index (κ2) is 11.4. The summed E-state index contributed by atoms with van der Waals surface area (Å²) in [5, 5.41) is 2.72. The van der Waals surface area contributed by atoms with Gasteiger partial charge in [-0.1, -0.05) is 44.7 Å². The molecular formula is C15H25ClN2O2. The number of hydrogen-bond acceptors (Lipinski definition) is 3. The molecule has 4 nitrogen and oxygen atoms in total. The van der Waals surface area contributed by atoms with Crippen LogP contribution < -0.4 is 11.1 Å². The summed E-state index contributed by atoms with van der Waals surface area (Å²) >= 11 is 0. The Morgan fingerprint density at radius 2 is 1.80 bits per heavy atom. The first-order chi connectivity index (χ1) is 9.22. The lowest BCUT2D eigenvalue weighted by Crippen LogP contribution is -2.24. The van der Waals surface area contributed by atoms with Gasteiger partial charge in [0.05, 0.1) is 6.61 Å². The van der Waals surface area contributed by atoms with Crippen LogP contribution in [0.15, 0.2) is 24.3 Å². The monoisotopic (exact) mass is 300 g/mol. The molecule has 0 radical (unpaired) electrons. The predicted molar refractivity (Wildman–Crippen MR) is 85.0 cm³/mol. The molecule has 0 aliphatic carbocycles. The minimum Gasteiger partial charge on any atom is -0.450 e. The van der Waals surface area contributed by atoms with Crippen molar-refractivity contribution in [2.75, 3.05) is 12.3 Å². The van der Waals surface area contributed by atoms with Crippen LogP contribution in [0.2, 0.25) is 0 Å². The van der Waals surface area contributed by atoms with Crippen molar-refractivity contribution < 1.29 is 9.53 Å². The first kappa shape index (κ1) is 18.6. The number of anilines is 1. The molecule has 0 saturated heterocycles. The standard InChI is InChI=1S/C15H24N2O2.ClH/c1-2-3-4-5-6-11-19-15(18)17-12-13-7-9-14(16)10-8-13;/h7-10H,2-6,11-12,16H2,1H3,(H,17,18);1H. The lowest BCUT2D eigenvalue weighted by Gasteiger charge is -2.07. The summed E-state index contributed by atoms with van der Waals surface area (Å²) < 4.78 is 5.09. The predicted octanol–water partition coefficient (Wildman–Crippen LogP) is 3.89. The van der Waals surface area contributed by atoms with Crippen LogP contribution in [0.1, 0.15) is 44.6 Å². The Balaban J connectivity index is 0.00000361. The highest BCUT2D eigenvalue weighted by Gasteiger charge is 2.01. The number of halogens is 1. The molecule has 0 aromatic heterocycles. The third-order valence-electron chi connectivity index (χ3n) is 2.90. The molecule has 0 heterocycles. The van der Waals surface area contributed by atoms with Gasteiger partial charge in [0.15, 0.2) is 0 Å². The van der Waals surface area contributed by atoms with E-state index in [0.29, 0.717) is 13.2 Å². The number of benzene rings is 1. The molecule has 0 unspecified atom stereocenters. The molecule has 0 atom stereocenters. The molecule has 0 saturated carbocycles. The lowest BCUT2D eigenvalue weighted by atomic mass is 10.2. The molecule has 0 spiro atoms. The number of hydrogen-bond donors (Lipinski definition) is 2. The Labute approximate surface area is 127 Å². The van der Waals surface area contributed by atoms with E-state index in [2.05, 4.69) is 12.2 Å². The number of amides is 1. The number of rotatable bonds is 8. The van der Waals surface area contributed by atoms with Gasteiger partial charge in [-0.15, -0.1) is 12.4 Å². The quantitative estimate of drug-likeness (QED) is 0.565. The maximum atomic E-state index is 11.4. The maximum absolute atomic E-state index is 11.4. The van der Waals surface area contributed by atoms with Crippen molar-refractivity contribution in [2.45, 2.75) is 45.6 Å². The van der Waals surface area contributed by atoms with E-state index in [-0.39, 0.29) is 18.5 Å². The zero-order valence-electron chi connectivity index (χ0n) is 12.1. The van der Waals surface area contributed by atoms with Gasteiger partial charge in [-0.25, -0.2) is 4.79 Å². The Hall–Kier alpha value is -1.42. The van der Waals surface area contributed by atoms with Crippen molar-refractivity contribution in [3.8, 4) is 0 Å². The smallest absolute Gasteiger partial charge is 0.407 e. The van der Waals surface area contributed by atoms with Crippen LogP contribution in [0.3, 0.4) is 0 Å². The number of carbonyl (C=O) groups is 1. The van der Waals surface area contributed by atoms with Crippen LogP contribution >= 0.6 is 12.4 Å². The summed E-state index contributed by atoms with van der Waals surface area (Å²) in [6.07, 6.45) is 5.40. The second-order valence-corrected chi connectivity index (χ2v) is 4.65. The largest absolute Gasteiger partial charge is 0.450 e. The van der Waals surface area contributed by atoms with E-state index in [0.717, 1.165) is 24.1 Å². The van der Waals surface area contributed by atoms with E-state index in [1.165, 1.54) is 19.3 Å². The number of alkyl carbamates (subject to hydrolysis) is 1. The van der Waals surface area contributed by atoms with E-state index < -0.39 is 0 Å². The number of ether oxygens (including phenoxy) is 1. The minimum atomic E-state index is -0.354. The van der Waals surface area contributed by atoms with E-state index in [1.54, 1.807) is 0 Å². The highest BCUT2D eigenvalue weighted by atomic mass is 35.5. The van der Waals surface area contributed by atoms with E-state index in [9.17, 15) is 4.79 Å². The van der Waals surface area contributed by atoms with Gasteiger partial charge >= 0.3 is 6.09 Å². The van der Waals surface area contributed by atoms with Gasteiger partial charge in [0.2, 0.25) is 0 Å². The third-order valence-corrected chi connectivity index (χ3v) is 2.90. The number of unbranched alkanes of at least 4 members (excludes halogenated alkanes) is 4. The zero-order valence-corrected chi connectivity index (χ0v) is 12.9. The first-order valence-electron chi connectivity index (χ1n) is 6.97. The molecule has 0 fully saturated rings. The topological polar surface area (TPSA) is 64.3 Å². The Kier molecular flexibility index (Phi) is 10.6. The summed E-state index contributed by atoms with van der Waals surface area (Å²) in [4.78, 5) is 11.4. The van der Waals surface area contributed by atoms with Gasteiger partial charge in [0, 0.05) is 12.2 Å². The highest BCUT2D eigenvalue weighted by Crippen LogP contribution is 2.05. The van der Waals surface area contributed by atoms with Gasteiger partial charge < -0.3 is 15.8 Å². The molecule has 3 N–H and O–H groups in total. The van der Waals surface area contributed by atoms with Crippen LogP contribution in [-0.4, -0.2) is 12.7 Å². The Morgan fingerprint density at radius 1 is 1.15 bits per heavy atom. The summed E-state index contributed by atoms with van der Waals surface area (Å²) in [6.45, 7) is 3.15. The molecule has 0 aliphatic heterocycles. The normalized spacial score (nSPS) is 9.65. The van der Waals surface area contributed by atoms with Crippen LogP contribution in [0, 0.1) is 0 Å². The van der Waals surface area contributed by atoms with Gasteiger partial charge in [-0.05, 0) is 24.1 Å². The molecule has 1 aromatic rings. The summed E-state index contributed by atoms with van der Waals surface area (Å²) in [5.41, 5.74) is 7.32. The SMILES string of the molecule is CCCCCCCOC(=O)NCc1ccc(N)cc1.Cl. The van der Waals surface area contributed by atoms with E-state index in [1.807, 2.05) is 24.3 Å². The van der Waals surface area contributed by atoms with Crippen LogP contribution in [0.25, 0.3) is 0 Å². The molecule has 20 heavy (non-hydrogen) atoms. The number of nitrogens with one attached hydrogen (secondary N) is 1. The number of nitrogens with two attached hydrogens (primary N) is 1. The summed E-state index contributed by atoms with van der Waals surface area (Å²) in [5.74, 6) is 0. The van der Waals surface area contributed by atoms with Crippen LogP contribution in [-0.2, 0) is 11.3 Å². The zero-order chi connectivity index (χ0) is 13.9. The average Bonchev–Trinajstić information content (AvgIpc) is 2.42. The van der Waals surface area contributed by atoms with Gasteiger partial charge in [0.1, 0.15) is 0 Å². The van der Waals surface area contributed by atoms with Gasteiger partial charge in [0.25, 0.3) is 0 Å². The van der Waals surface area contributed by atoms with Crippen molar-refractivity contribution in [1.82, 2.24) is 5.32 Å². The fourth-order valence-corrected chi connectivity index (χ4v) is 1.73. The molecule has 1 aromatic carbocycles. The van der Waals surface area contributed by atoms with Crippen LogP contribution in [0.4, 0.5) is 10.5 Å². The van der Waals surface area contributed by atoms with Gasteiger partial charge in [-0.2, -0.15) is 0 Å². The number of nitrogen functional groups attached to an aromatic ring is 1. The fourth-order valence-electron chi connectivity index (χ4n) is 1.73. The Bertz CT molecular complexity index is 369. The Morgan fingerprint density at radius 3 is 2.45 bits per heavy atom. The molecule has 114 valence electrons. The van der Waals surface area contributed by atoms with Gasteiger partial charge in [-0.3, -0.25) is 0 Å². The third kappa shape index (κ3) is 8.64. The van der Waals surface area contributed by atoms with Crippen molar-refractivity contribution in [1.29, 1.82) is 0 Å². The summed E-state index contributed by atoms with van der Waals surface area (Å²) in [6, 6.07) is 7.41. The molecule has 0 bridgehead atoms. The van der Waals surface area contributed by atoms with E-state index in [4.69, 9.17) is 10.5 Å². The van der Waals surface area contributed by atoms with Crippen molar-refractivity contribution in [3.05, 3.63) is 29.8 Å². The molecule has 1 rings (SSSR count). The summed E-state index contributed by atoms with van der Waals surface area (Å²) in [7, 11) is 0. The van der Waals surface area contributed by atoms with Crippen molar-refractivity contribution in [3.63, 3.8) is 0 Å². The fraction of sp³-hybridized carbons (Fsp3) is 0.533. The highest BCUT2D eigenvalue weighted by molar-refractivity contribution is 5.85. The minimum absolute atomic E-state index is 0.